The van der Waals surface area contributed by atoms with Crippen molar-refractivity contribution in [3.8, 4) is 0 Å². The van der Waals surface area contributed by atoms with Gasteiger partial charge in [0.25, 0.3) is 5.69 Å². The Labute approximate surface area is 109 Å². The van der Waals surface area contributed by atoms with E-state index in [0.717, 1.165) is 10.5 Å². The first-order chi connectivity index (χ1) is 8.81. The van der Waals surface area contributed by atoms with E-state index in [1.54, 1.807) is 19.1 Å². The van der Waals surface area contributed by atoms with Gasteiger partial charge in [0.05, 0.1) is 23.2 Å². The maximum atomic E-state index is 11.6. The van der Waals surface area contributed by atoms with E-state index in [9.17, 15) is 18.5 Å². The van der Waals surface area contributed by atoms with Crippen LogP contribution in [0.15, 0.2) is 30.3 Å². The van der Waals surface area contributed by atoms with Crippen LogP contribution in [0.3, 0.4) is 0 Å². The molecule has 0 bridgehead atoms. The third kappa shape index (κ3) is 2.45. The second-order valence-electron chi connectivity index (χ2n) is 4.01. The van der Waals surface area contributed by atoms with Crippen molar-refractivity contribution in [2.45, 2.75) is 13.5 Å². The normalized spacial score (nSPS) is 16.9. The first-order valence-electron chi connectivity index (χ1n) is 5.24. The molecule has 0 aromatic heterocycles. The number of hydrogen-bond donors (Lipinski definition) is 2. The fourth-order valence-electron chi connectivity index (χ4n) is 1.83. The SMILES string of the molecule is Cc1cccc(CN2C=C(O)NS2(=O)=O)c1[N+](=O)[O-]. The maximum Gasteiger partial charge on any atom is 0.326 e. The average Bonchev–Trinajstić information content (AvgIpc) is 2.51. The molecule has 0 saturated carbocycles. The van der Waals surface area contributed by atoms with E-state index < -0.39 is 21.0 Å². The van der Waals surface area contributed by atoms with Crippen LogP contribution in [0.5, 0.6) is 0 Å². The lowest BCUT2D eigenvalue weighted by Crippen LogP contribution is -2.29. The predicted molar refractivity (Wildman–Crippen MR) is 66.1 cm³/mol. The summed E-state index contributed by atoms with van der Waals surface area (Å²) in [5, 5.41) is 20.1. The van der Waals surface area contributed by atoms with Gasteiger partial charge in [-0.05, 0) is 6.92 Å². The number of nitrogens with zero attached hydrogens (tertiary/aromatic N) is 2. The molecule has 8 nitrogen and oxygen atoms in total. The van der Waals surface area contributed by atoms with Crippen molar-refractivity contribution in [3.63, 3.8) is 0 Å². The van der Waals surface area contributed by atoms with Crippen LogP contribution in [0.4, 0.5) is 5.69 Å². The first-order valence-corrected chi connectivity index (χ1v) is 6.68. The van der Waals surface area contributed by atoms with Gasteiger partial charge in [0.15, 0.2) is 0 Å². The fraction of sp³-hybridized carbons (Fsp3) is 0.200. The Bertz CT molecular complexity index is 668. The van der Waals surface area contributed by atoms with Crippen molar-refractivity contribution < 1.29 is 18.4 Å². The van der Waals surface area contributed by atoms with E-state index in [0.29, 0.717) is 5.56 Å². The molecule has 0 unspecified atom stereocenters. The number of aliphatic hydroxyl groups is 1. The largest absolute Gasteiger partial charge is 0.493 e. The maximum absolute atomic E-state index is 11.6. The van der Waals surface area contributed by atoms with Crippen LogP contribution < -0.4 is 4.72 Å². The molecule has 19 heavy (non-hydrogen) atoms. The van der Waals surface area contributed by atoms with Crippen LogP contribution in [0.25, 0.3) is 0 Å². The van der Waals surface area contributed by atoms with E-state index in [1.807, 2.05) is 4.72 Å². The summed E-state index contributed by atoms with van der Waals surface area (Å²) in [5.74, 6) is -0.518. The highest BCUT2D eigenvalue weighted by Gasteiger charge is 2.29. The van der Waals surface area contributed by atoms with Gasteiger partial charge in [-0.15, -0.1) is 0 Å². The Balaban J connectivity index is 2.40. The van der Waals surface area contributed by atoms with Gasteiger partial charge < -0.3 is 5.11 Å². The summed E-state index contributed by atoms with van der Waals surface area (Å²) < 4.78 is 25.8. The van der Waals surface area contributed by atoms with E-state index in [1.165, 1.54) is 6.07 Å². The lowest BCUT2D eigenvalue weighted by atomic mass is 10.1. The Morgan fingerprint density at radius 3 is 2.68 bits per heavy atom. The Kier molecular flexibility index (Phi) is 3.06. The second-order valence-corrected chi connectivity index (χ2v) is 5.63. The molecule has 0 fully saturated rings. The molecule has 1 aliphatic rings. The summed E-state index contributed by atoms with van der Waals surface area (Å²) in [6.45, 7) is 1.35. The van der Waals surface area contributed by atoms with Gasteiger partial charge >= 0.3 is 10.2 Å². The number of aliphatic hydroxyl groups excluding tert-OH is 1. The monoisotopic (exact) mass is 285 g/mol. The third-order valence-corrected chi connectivity index (χ3v) is 3.96. The Morgan fingerprint density at radius 1 is 1.47 bits per heavy atom. The number of benzene rings is 1. The standard InChI is InChI=1S/C10H11N3O5S/c1-7-3-2-4-8(10(7)13(15)16)5-12-6-9(14)11-19(12,17)18/h2-4,6,11,14H,5H2,1H3. The molecule has 0 amide bonds. The van der Waals surface area contributed by atoms with Crippen LogP contribution in [-0.2, 0) is 16.8 Å². The van der Waals surface area contributed by atoms with Crippen molar-refractivity contribution >= 4 is 15.9 Å². The smallest absolute Gasteiger partial charge is 0.326 e. The van der Waals surface area contributed by atoms with Gasteiger partial charge in [-0.25, -0.2) is 4.72 Å². The Hall–Kier alpha value is -2.29. The zero-order valence-corrected chi connectivity index (χ0v) is 10.7. The summed E-state index contributed by atoms with van der Waals surface area (Å²) in [5.41, 5.74) is 0.569. The molecular weight excluding hydrogens is 274 g/mol. The summed E-state index contributed by atoms with van der Waals surface area (Å²) in [4.78, 5) is 10.4. The van der Waals surface area contributed by atoms with Crippen molar-refractivity contribution in [2.24, 2.45) is 0 Å². The molecule has 2 rings (SSSR count). The topological polar surface area (TPSA) is 113 Å². The predicted octanol–water partition coefficient (Wildman–Crippen LogP) is 0.910. The van der Waals surface area contributed by atoms with Crippen molar-refractivity contribution in [1.29, 1.82) is 0 Å². The van der Waals surface area contributed by atoms with Crippen molar-refractivity contribution in [2.75, 3.05) is 0 Å². The van der Waals surface area contributed by atoms with Gasteiger partial charge in [-0.2, -0.15) is 8.42 Å². The van der Waals surface area contributed by atoms with Crippen molar-refractivity contribution in [1.82, 2.24) is 9.03 Å². The van der Waals surface area contributed by atoms with Gasteiger partial charge in [0, 0.05) is 5.56 Å². The van der Waals surface area contributed by atoms with E-state index in [-0.39, 0.29) is 17.8 Å². The molecule has 0 atom stereocenters. The molecule has 2 N–H and O–H groups in total. The first kappa shape index (κ1) is 13.1. The minimum Gasteiger partial charge on any atom is -0.493 e. The molecule has 9 heteroatoms. The summed E-state index contributed by atoms with van der Waals surface area (Å²) in [6.07, 6.45) is 0.974. The second kappa shape index (κ2) is 4.43. The molecule has 1 aromatic carbocycles. The molecule has 1 heterocycles. The van der Waals surface area contributed by atoms with E-state index in [2.05, 4.69) is 0 Å². The highest BCUT2D eigenvalue weighted by atomic mass is 32.2. The van der Waals surface area contributed by atoms with Gasteiger partial charge in [0.2, 0.25) is 5.88 Å². The lowest BCUT2D eigenvalue weighted by Gasteiger charge is -2.14. The summed E-state index contributed by atoms with van der Waals surface area (Å²) in [7, 11) is -3.87. The zero-order chi connectivity index (χ0) is 14.2. The Morgan fingerprint density at radius 2 is 2.16 bits per heavy atom. The number of nitro benzene ring substituents is 1. The summed E-state index contributed by atoms with van der Waals surface area (Å²) >= 11 is 0. The van der Waals surface area contributed by atoms with Gasteiger partial charge in [-0.3, -0.25) is 14.4 Å². The minimum atomic E-state index is -3.87. The molecule has 0 aliphatic carbocycles. The number of para-hydroxylation sites is 1. The zero-order valence-electron chi connectivity index (χ0n) is 9.90. The number of nitrogens with one attached hydrogen (secondary N) is 1. The van der Waals surface area contributed by atoms with Crippen molar-refractivity contribution in [3.05, 3.63) is 51.5 Å². The molecule has 0 saturated heterocycles. The molecule has 102 valence electrons. The van der Waals surface area contributed by atoms with Crippen LogP contribution in [-0.4, -0.2) is 22.8 Å². The van der Waals surface area contributed by atoms with Gasteiger partial charge in [0.1, 0.15) is 0 Å². The average molecular weight is 285 g/mol. The lowest BCUT2D eigenvalue weighted by molar-refractivity contribution is -0.386. The number of hydrogen-bond acceptors (Lipinski definition) is 5. The number of rotatable bonds is 3. The number of aryl methyl sites for hydroxylation is 1. The van der Waals surface area contributed by atoms with Gasteiger partial charge in [-0.1, -0.05) is 18.2 Å². The van der Waals surface area contributed by atoms with E-state index >= 15 is 0 Å². The molecule has 1 aromatic rings. The molecule has 0 spiro atoms. The van der Waals surface area contributed by atoms with E-state index in [4.69, 9.17) is 5.11 Å². The highest BCUT2D eigenvalue weighted by molar-refractivity contribution is 7.87. The highest BCUT2D eigenvalue weighted by Crippen LogP contribution is 2.26. The van der Waals surface area contributed by atoms with Crippen LogP contribution in [0.2, 0.25) is 0 Å². The fourth-order valence-corrected chi connectivity index (χ4v) is 2.81. The van der Waals surface area contributed by atoms with Crippen LogP contribution in [0, 0.1) is 17.0 Å². The quantitative estimate of drug-likeness (QED) is 0.633. The third-order valence-electron chi connectivity index (χ3n) is 2.64. The molecule has 0 radical (unpaired) electrons. The minimum absolute atomic E-state index is 0.127. The molecular formula is C10H11N3O5S. The van der Waals surface area contributed by atoms with Crippen LogP contribution in [0.1, 0.15) is 11.1 Å². The number of nitro groups is 1. The van der Waals surface area contributed by atoms with Crippen LogP contribution >= 0.6 is 0 Å². The molecule has 1 aliphatic heterocycles. The summed E-state index contributed by atoms with van der Waals surface area (Å²) in [6, 6.07) is 4.66.